The average molecular weight is 289 g/mol. The van der Waals surface area contributed by atoms with Gasteiger partial charge in [0.05, 0.1) is 5.41 Å². The molecule has 0 spiro atoms. The van der Waals surface area contributed by atoms with Crippen LogP contribution in [0.1, 0.15) is 43.7 Å². The predicted molar refractivity (Wildman–Crippen MR) is 81.8 cm³/mol. The Morgan fingerprint density at radius 3 is 2.67 bits per heavy atom. The van der Waals surface area contributed by atoms with Crippen LogP contribution < -0.4 is 4.90 Å². The Kier molecular flexibility index (Phi) is 3.43. The third kappa shape index (κ3) is 2.64. The number of alkyl halides is 2. The molecule has 1 heterocycles. The van der Waals surface area contributed by atoms with Crippen LogP contribution in [0.5, 0.6) is 0 Å². The summed E-state index contributed by atoms with van der Waals surface area (Å²) in [6.07, 6.45) is 4.30. The van der Waals surface area contributed by atoms with Crippen molar-refractivity contribution in [3.05, 3.63) is 29.3 Å². The van der Waals surface area contributed by atoms with Crippen molar-refractivity contribution in [1.29, 1.82) is 0 Å². The molecule has 0 bridgehead atoms. The molecule has 3 heteroatoms. The largest absolute Gasteiger partial charge is 0.374 e. The lowest BCUT2D eigenvalue weighted by molar-refractivity contribution is -0.0294. The summed E-state index contributed by atoms with van der Waals surface area (Å²) in [5.74, 6) is 3.26. The van der Waals surface area contributed by atoms with Crippen molar-refractivity contribution >= 4 is 5.69 Å². The maximum absolute atomic E-state index is 13.6. The third-order valence-corrected chi connectivity index (χ3v) is 4.76. The minimum Gasteiger partial charge on any atom is -0.374 e. The van der Waals surface area contributed by atoms with Crippen molar-refractivity contribution in [3.8, 4) is 11.8 Å². The van der Waals surface area contributed by atoms with E-state index in [9.17, 15) is 8.78 Å². The first-order valence-corrected chi connectivity index (χ1v) is 7.67. The molecule has 0 amide bonds. The molecule has 112 valence electrons. The minimum atomic E-state index is -2.71. The highest BCUT2D eigenvalue weighted by molar-refractivity contribution is 5.61. The molecule has 1 aromatic rings. The highest BCUT2D eigenvalue weighted by Crippen LogP contribution is 2.56. The zero-order valence-electron chi connectivity index (χ0n) is 12.7. The van der Waals surface area contributed by atoms with Crippen LogP contribution in [0.2, 0.25) is 0 Å². The van der Waals surface area contributed by atoms with Gasteiger partial charge in [0.1, 0.15) is 0 Å². The van der Waals surface area contributed by atoms with Crippen LogP contribution in [0.25, 0.3) is 0 Å². The summed E-state index contributed by atoms with van der Waals surface area (Å²) in [6.45, 7) is 2.04. The molecule has 0 N–H and O–H groups in total. The Labute approximate surface area is 125 Å². The van der Waals surface area contributed by atoms with Gasteiger partial charge in [-0.2, -0.15) is 0 Å². The first-order chi connectivity index (χ1) is 9.93. The van der Waals surface area contributed by atoms with Crippen LogP contribution >= 0.6 is 0 Å². The van der Waals surface area contributed by atoms with Crippen molar-refractivity contribution in [1.82, 2.24) is 0 Å². The van der Waals surface area contributed by atoms with E-state index in [-0.39, 0.29) is 0 Å². The number of anilines is 1. The molecule has 21 heavy (non-hydrogen) atoms. The van der Waals surface area contributed by atoms with Crippen molar-refractivity contribution in [2.75, 3.05) is 18.5 Å². The van der Waals surface area contributed by atoms with E-state index in [1.165, 1.54) is 11.3 Å². The van der Waals surface area contributed by atoms with Gasteiger partial charge in [-0.25, -0.2) is 8.78 Å². The molecule has 1 fully saturated rings. The van der Waals surface area contributed by atoms with Gasteiger partial charge >= 0.3 is 0 Å². The van der Waals surface area contributed by atoms with Gasteiger partial charge in [0.25, 0.3) is 5.92 Å². The molecule has 1 aromatic carbocycles. The second kappa shape index (κ2) is 5.02. The van der Waals surface area contributed by atoms with Gasteiger partial charge in [0.2, 0.25) is 0 Å². The molecular formula is C18H21F2N. The van der Waals surface area contributed by atoms with E-state index in [1.54, 1.807) is 0 Å². The Morgan fingerprint density at radius 1 is 1.24 bits per heavy atom. The molecule has 0 unspecified atom stereocenters. The van der Waals surface area contributed by atoms with E-state index in [0.717, 1.165) is 38.3 Å². The van der Waals surface area contributed by atoms with Gasteiger partial charge in [-0.05, 0) is 49.8 Å². The molecule has 0 aromatic heterocycles. The van der Waals surface area contributed by atoms with Gasteiger partial charge in [-0.1, -0.05) is 17.9 Å². The molecule has 1 saturated carbocycles. The molecule has 0 radical (unpaired) electrons. The SMILES string of the molecule is CN1CCCCc2c(C#CC3(C(C)(F)F)CC3)cccc21. The Morgan fingerprint density at radius 2 is 2.00 bits per heavy atom. The third-order valence-electron chi connectivity index (χ3n) is 4.76. The summed E-state index contributed by atoms with van der Waals surface area (Å²) >= 11 is 0. The van der Waals surface area contributed by atoms with Crippen molar-refractivity contribution < 1.29 is 8.78 Å². The second-order valence-electron chi connectivity index (χ2n) is 6.40. The molecule has 1 aliphatic carbocycles. The maximum Gasteiger partial charge on any atom is 0.261 e. The van der Waals surface area contributed by atoms with Crippen molar-refractivity contribution in [2.45, 2.75) is 45.0 Å². The zero-order chi connectivity index (χ0) is 15.1. The average Bonchev–Trinajstić information content (AvgIpc) is 3.22. The van der Waals surface area contributed by atoms with E-state index >= 15 is 0 Å². The van der Waals surface area contributed by atoms with Gasteiger partial charge in [0, 0.05) is 31.8 Å². The highest BCUT2D eigenvalue weighted by atomic mass is 19.3. The number of halogens is 2. The first-order valence-electron chi connectivity index (χ1n) is 7.67. The fraction of sp³-hybridized carbons (Fsp3) is 0.556. The summed E-state index contributed by atoms with van der Waals surface area (Å²) in [7, 11) is 2.09. The summed E-state index contributed by atoms with van der Waals surface area (Å²) in [5.41, 5.74) is 2.27. The van der Waals surface area contributed by atoms with E-state index in [1.807, 2.05) is 12.1 Å². The van der Waals surface area contributed by atoms with E-state index in [2.05, 4.69) is 29.9 Å². The number of nitrogens with zero attached hydrogens (tertiary/aromatic N) is 1. The fourth-order valence-corrected chi connectivity index (χ4v) is 3.07. The molecule has 0 atom stereocenters. The van der Waals surface area contributed by atoms with Crippen LogP contribution in [-0.4, -0.2) is 19.5 Å². The lowest BCUT2D eigenvalue weighted by atomic mass is 9.97. The van der Waals surface area contributed by atoms with Gasteiger partial charge in [-0.15, -0.1) is 0 Å². The zero-order valence-corrected chi connectivity index (χ0v) is 12.7. The monoisotopic (exact) mass is 289 g/mol. The number of benzene rings is 1. The molecule has 3 rings (SSSR count). The Bertz CT molecular complexity index is 600. The van der Waals surface area contributed by atoms with E-state index in [0.29, 0.717) is 12.8 Å². The van der Waals surface area contributed by atoms with Crippen molar-refractivity contribution in [3.63, 3.8) is 0 Å². The quantitative estimate of drug-likeness (QED) is 0.699. The maximum atomic E-state index is 13.6. The highest BCUT2D eigenvalue weighted by Gasteiger charge is 2.58. The molecule has 1 nitrogen and oxygen atoms in total. The summed E-state index contributed by atoms with van der Waals surface area (Å²) in [4.78, 5) is 2.24. The number of hydrogen-bond acceptors (Lipinski definition) is 1. The minimum absolute atomic E-state index is 0.512. The number of fused-ring (bicyclic) bond motifs is 1. The smallest absolute Gasteiger partial charge is 0.261 e. The molecular weight excluding hydrogens is 268 g/mol. The van der Waals surface area contributed by atoms with Gasteiger partial charge in [0.15, 0.2) is 0 Å². The topological polar surface area (TPSA) is 3.24 Å². The van der Waals surface area contributed by atoms with E-state index in [4.69, 9.17) is 0 Å². The summed E-state index contributed by atoms with van der Waals surface area (Å²) in [5, 5.41) is 0. The first kappa shape index (κ1) is 14.4. The standard InChI is InChI=1S/C18H21F2N/c1-17(19,20)18(11-12-18)10-9-14-6-5-8-16-15(14)7-3-4-13-21(16)2/h5-6,8H,3-4,7,11-13H2,1-2H3. The second-order valence-corrected chi connectivity index (χ2v) is 6.40. The Balaban J connectivity index is 1.97. The van der Waals surface area contributed by atoms with Gasteiger partial charge < -0.3 is 4.90 Å². The lowest BCUT2D eigenvalue weighted by Gasteiger charge is -2.20. The normalized spacial score (nSPS) is 20.1. The van der Waals surface area contributed by atoms with Crippen molar-refractivity contribution in [2.24, 2.45) is 5.41 Å². The number of hydrogen-bond donors (Lipinski definition) is 0. The number of rotatable bonds is 1. The van der Waals surface area contributed by atoms with Crippen LogP contribution in [0.4, 0.5) is 14.5 Å². The molecule has 2 aliphatic rings. The molecule has 0 saturated heterocycles. The van der Waals surface area contributed by atoms with Crippen LogP contribution in [-0.2, 0) is 6.42 Å². The fourth-order valence-electron chi connectivity index (χ4n) is 3.07. The summed E-state index contributed by atoms with van der Waals surface area (Å²) < 4.78 is 27.2. The van der Waals surface area contributed by atoms with Crippen LogP contribution in [0, 0.1) is 17.3 Å². The lowest BCUT2D eigenvalue weighted by Crippen LogP contribution is -2.24. The predicted octanol–water partition coefficient (Wildman–Crippen LogP) is 4.25. The Hall–Kier alpha value is -1.56. The van der Waals surface area contributed by atoms with Crippen LogP contribution in [0.3, 0.4) is 0 Å². The van der Waals surface area contributed by atoms with E-state index < -0.39 is 11.3 Å². The molecule has 1 aliphatic heterocycles. The van der Waals surface area contributed by atoms with Crippen LogP contribution in [0.15, 0.2) is 18.2 Å². The summed E-state index contributed by atoms with van der Waals surface area (Å²) in [6, 6.07) is 6.05. The van der Waals surface area contributed by atoms with Gasteiger partial charge in [-0.3, -0.25) is 0 Å².